The number of nitrogens with zero attached hydrogens (tertiary/aromatic N) is 1. The molecule has 0 amide bonds. The summed E-state index contributed by atoms with van der Waals surface area (Å²) in [6.07, 6.45) is 0. The van der Waals surface area contributed by atoms with Crippen molar-refractivity contribution in [2.75, 3.05) is 13.1 Å². The molecule has 0 saturated carbocycles. The van der Waals surface area contributed by atoms with Gasteiger partial charge in [0.1, 0.15) is 13.1 Å². The molecule has 1 nitrogen and oxygen atoms in total. The lowest BCUT2D eigenvalue weighted by molar-refractivity contribution is 0.584. The molecule has 15 heavy (non-hydrogen) atoms. The normalized spacial score (nSPS) is 11.1. The molecule has 0 aromatic heterocycles. The molecule has 2 aromatic rings. The van der Waals surface area contributed by atoms with Crippen molar-refractivity contribution in [3.05, 3.63) is 42.5 Å². The van der Waals surface area contributed by atoms with E-state index in [2.05, 4.69) is 61.2 Å². The van der Waals surface area contributed by atoms with E-state index < -0.39 is 0 Å². The molecule has 0 saturated heterocycles. The standard InChI is InChI=1S/C14H17N/c1-3-15(4-2)14-10-9-12-7-5-6-8-13(12)11-14/h5-11H,3-4H2,1-2H3/q+1. The van der Waals surface area contributed by atoms with Crippen LogP contribution in [0, 0.1) is 0 Å². The molecule has 1 heteroatoms. The lowest BCUT2D eigenvalue weighted by Crippen LogP contribution is -2.23. The molecule has 0 fully saturated rings. The van der Waals surface area contributed by atoms with Gasteiger partial charge in [-0.2, -0.15) is 0 Å². The lowest BCUT2D eigenvalue weighted by atomic mass is 10.1. The maximum Gasteiger partial charge on any atom is 0.181 e. The van der Waals surface area contributed by atoms with E-state index in [4.69, 9.17) is 0 Å². The second kappa shape index (κ2) is 4.45. The Hall–Kier alpha value is -1.34. The number of fused-ring (bicyclic) bond motifs is 1. The Morgan fingerprint density at radius 1 is 0.867 bits per heavy atom. The molecule has 0 bridgehead atoms. The Kier molecular flexibility index (Phi) is 3.02. The fraction of sp³-hybridized carbons (Fsp3) is 0.286. The van der Waals surface area contributed by atoms with Gasteiger partial charge in [-0.25, -0.2) is 0 Å². The first-order valence-corrected chi connectivity index (χ1v) is 5.59. The SMILES string of the molecule is CC[N+](CC)c1ccc2ccccc2c1. The second-order valence-corrected chi connectivity index (χ2v) is 3.70. The Bertz CT molecular complexity index is 444. The molecule has 2 rings (SSSR count). The Labute approximate surface area is 91.3 Å². The number of rotatable bonds is 3. The zero-order valence-corrected chi connectivity index (χ0v) is 9.40. The molecule has 0 unspecified atom stereocenters. The number of hydrogen-bond donors (Lipinski definition) is 0. The molecule has 0 atom stereocenters. The summed E-state index contributed by atoms with van der Waals surface area (Å²) in [4.78, 5) is 2.37. The van der Waals surface area contributed by atoms with Crippen molar-refractivity contribution in [3.63, 3.8) is 0 Å². The van der Waals surface area contributed by atoms with Gasteiger partial charge in [0, 0.05) is 12.1 Å². The highest BCUT2D eigenvalue weighted by Gasteiger charge is 2.13. The Morgan fingerprint density at radius 3 is 2.20 bits per heavy atom. The maximum atomic E-state index is 2.37. The third kappa shape index (κ3) is 2.02. The van der Waals surface area contributed by atoms with E-state index >= 15 is 0 Å². The van der Waals surface area contributed by atoms with Gasteiger partial charge < -0.3 is 0 Å². The van der Waals surface area contributed by atoms with Gasteiger partial charge in [0.2, 0.25) is 0 Å². The quantitative estimate of drug-likeness (QED) is 0.665. The van der Waals surface area contributed by atoms with Crippen LogP contribution >= 0.6 is 0 Å². The van der Waals surface area contributed by atoms with Crippen LogP contribution in [0.1, 0.15) is 13.8 Å². The predicted molar refractivity (Wildman–Crippen MR) is 66.8 cm³/mol. The highest BCUT2D eigenvalue weighted by molar-refractivity contribution is 5.85. The van der Waals surface area contributed by atoms with Crippen molar-refractivity contribution >= 4 is 16.5 Å². The van der Waals surface area contributed by atoms with Crippen molar-refractivity contribution in [1.29, 1.82) is 0 Å². The monoisotopic (exact) mass is 199 g/mol. The Morgan fingerprint density at radius 2 is 1.53 bits per heavy atom. The minimum absolute atomic E-state index is 1.06. The molecule has 77 valence electrons. The predicted octanol–water partition coefficient (Wildman–Crippen LogP) is 3.65. The Balaban J connectivity index is 2.46. The zero-order chi connectivity index (χ0) is 10.7. The van der Waals surface area contributed by atoms with E-state index in [-0.39, 0.29) is 0 Å². The molecule has 0 aliphatic carbocycles. The molecule has 0 aliphatic rings. The molecule has 0 aliphatic heterocycles. The molecule has 0 heterocycles. The minimum atomic E-state index is 1.06. The largest absolute Gasteiger partial charge is 0.181 e. The van der Waals surface area contributed by atoms with Gasteiger partial charge >= 0.3 is 0 Å². The van der Waals surface area contributed by atoms with Crippen LogP contribution in [-0.4, -0.2) is 13.1 Å². The van der Waals surface area contributed by atoms with E-state index in [0.717, 1.165) is 13.1 Å². The van der Waals surface area contributed by atoms with Crippen molar-refractivity contribution in [3.8, 4) is 0 Å². The maximum absolute atomic E-state index is 2.37. The van der Waals surface area contributed by atoms with Crippen LogP contribution in [0.2, 0.25) is 0 Å². The van der Waals surface area contributed by atoms with Crippen LogP contribution in [0.5, 0.6) is 0 Å². The van der Waals surface area contributed by atoms with Crippen LogP contribution in [0.3, 0.4) is 0 Å². The van der Waals surface area contributed by atoms with Gasteiger partial charge in [0.05, 0.1) is 0 Å². The first-order chi connectivity index (χ1) is 7.35. The van der Waals surface area contributed by atoms with E-state index in [0.29, 0.717) is 0 Å². The molecular formula is C14H17N+. The van der Waals surface area contributed by atoms with Gasteiger partial charge in [0.15, 0.2) is 5.69 Å². The van der Waals surface area contributed by atoms with Gasteiger partial charge in [0.25, 0.3) is 0 Å². The third-order valence-electron chi connectivity index (χ3n) is 2.86. The van der Waals surface area contributed by atoms with Crippen LogP contribution < -0.4 is 4.90 Å². The molecule has 1 radical (unpaired) electrons. The fourth-order valence-corrected chi connectivity index (χ4v) is 1.96. The first-order valence-electron chi connectivity index (χ1n) is 5.59. The molecule has 0 spiro atoms. The third-order valence-corrected chi connectivity index (χ3v) is 2.86. The van der Waals surface area contributed by atoms with Crippen molar-refractivity contribution in [2.45, 2.75) is 13.8 Å². The summed E-state index contributed by atoms with van der Waals surface area (Å²) in [5.74, 6) is 0. The van der Waals surface area contributed by atoms with E-state index in [1.54, 1.807) is 0 Å². The summed E-state index contributed by atoms with van der Waals surface area (Å²) in [5, 5.41) is 2.63. The molecular weight excluding hydrogens is 182 g/mol. The average Bonchev–Trinajstić information content (AvgIpc) is 2.30. The van der Waals surface area contributed by atoms with Gasteiger partial charge in [-0.1, -0.05) is 24.3 Å². The highest BCUT2D eigenvalue weighted by Crippen LogP contribution is 2.21. The summed E-state index contributed by atoms with van der Waals surface area (Å²) >= 11 is 0. The van der Waals surface area contributed by atoms with E-state index in [1.807, 2.05) is 0 Å². The number of benzene rings is 2. The van der Waals surface area contributed by atoms with E-state index in [9.17, 15) is 0 Å². The molecule has 2 aromatic carbocycles. The number of hydrogen-bond acceptors (Lipinski definition) is 1. The lowest BCUT2D eigenvalue weighted by Gasteiger charge is -2.07. The van der Waals surface area contributed by atoms with Gasteiger partial charge in [-0.15, -0.1) is 4.90 Å². The smallest absolute Gasteiger partial charge is 0.135 e. The van der Waals surface area contributed by atoms with Crippen molar-refractivity contribution in [2.24, 2.45) is 0 Å². The summed E-state index contributed by atoms with van der Waals surface area (Å²) < 4.78 is 0. The van der Waals surface area contributed by atoms with Gasteiger partial charge in [-0.3, -0.25) is 0 Å². The summed E-state index contributed by atoms with van der Waals surface area (Å²) in [7, 11) is 0. The second-order valence-electron chi connectivity index (χ2n) is 3.70. The van der Waals surface area contributed by atoms with Crippen LogP contribution in [0.25, 0.3) is 10.8 Å². The summed E-state index contributed by atoms with van der Waals surface area (Å²) in [6.45, 7) is 6.51. The van der Waals surface area contributed by atoms with Gasteiger partial charge in [-0.05, 0) is 30.7 Å². The van der Waals surface area contributed by atoms with Crippen LogP contribution in [0.15, 0.2) is 42.5 Å². The van der Waals surface area contributed by atoms with Crippen molar-refractivity contribution in [1.82, 2.24) is 4.90 Å². The van der Waals surface area contributed by atoms with Crippen molar-refractivity contribution < 1.29 is 0 Å². The average molecular weight is 199 g/mol. The topological polar surface area (TPSA) is 5.90 Å². The minimum Gasteiger partial charge on any atom is -0.135 e. The zero-order valence-electron chi connectivity index (χ0n) is 9.40. The highest BCUT2D eigenvalue weighted by atomic mass is 15.1. The fourth-order valence-electron chi connectivity index (χ4n) is 1.96. The van der Waals surface area contributed by atoms with Crippen LogP contribution in [-0.2, 0) is 0 Å². The summed E-state index contributed by atoms with van der Waals surface area (Å²) in [6, 6.07) is 15.2. The first kappa shape index (κ1) is 10.2. The molecule has 0 N–H and O–H groups in total. The van der Waals surface area contributed by atoms with Crippen LogP contribution in [0.4, 0.5) is 5.69 Å². The van der Waals surface area contributed by atoms with E-state index in [1.165, 1.54) is 16.5 Å². The summed E-state index contributed by atoms with van der Waals surface area (Å²) in [5.41, 5.74) is 1.32. The number of anilines is 1.